The van der Waals surface area contributed by atoms with E-state index in [4.69, 9.17) is 5.73 Å². The van der Waals surface area contributed by atoms with Crippen molar-refractivity contribution in [3.05, 3.63) is 35.6 Å². The number of nitrogens with one attached hydrogen (secondary N) is 1. The molecule has 3 heteroatoms. The molecule has 0 spiro atoms. The van der Waals surface area contributed by atoms with Crippen molar-refractivity contribution in [3.8, 4) is 0 Å². The van der Waals surface area contributed by atoms with Gasteiger partial charge in [0.25, 0.3) is 0 Å². The van der Waals surface area contributed by atoms with Crippen LogP contribution < -0.4 is 11.1 Å². The lowest BCUT2D eigenvalue weighted by Crippen LogP contribution is -2.25. The van der Waals surface area contributed by atoms with Crippen molar-refractivity contribution < 1.29 is 4.39 Å². The van der Waals surface area contributed by atoms with Crippen LogP contribution in [0, 0.1) is 11.7 Å². The van der Waals surface area contributed by atoms with Gasteiger partial charge in [0, 0.05) is 6.54 Å². The van der Waals surface area contributed by atoms with Crippen molar-refractivity contribution in [1.82, 2.24) is 5.32 Å². The fraction of sp³-hybridized carbons (Fsp3) is 0.455. The molecular formula is C11H17FN2. The van der Waals surface area contributed by atoms with Gasteiger partial charge in [-0.1, -0.05) is 19.1 Å². The van der Waals surface area contributed by atoms with Gasteiger partial charge in [-0.05, 0) is 36.7 Å². The van der Waals surface area contributed by atoms with Crippen molar-refractivity contribution >= 4 is 0 Å². The molecule has 0 saturated heterocycles. The topological polar surface area (TPSA) is 38.0 Å². The minimum atomic E-state index is -0.184. The molecule has 0 aliphatic rings. The van der Waals surface area contributed by atoms with E-state index in [0.29, 0.717) is 19.0 Å². The first-order chi connectivity index (χ1) is 6.72. The van der Waals surface area contributed by atoms with E-state index in [2.05, 4.69) is 12.2 Å². The molecule has 0 aliphatic carbocycles. The van der Waals surface area contributed by atoms with E-state index in [1.165, 1.54) is 6.07 Å². The van der Waals surface area contributed by atoms with E-state index in [0.717, 1.165) is 12.1 Å². The number of hydrogen-bond acceptors (Lipinski definition) is 2. The molecule has 0 aliphatic heterocycles. The third-order valence-electron chi connectivity index (χ3n) is 2.11. The quantitative estimate of drug-likeness (QED) is 0.749. The summed E-state index contributed by atoms with van der Waals surface area (Å²) in [6.45, 7) is 4.32. The Hall–Kier alpha value is -0.930. The minimum Gasteiger partial charge on any atom is -0.330 e. The predicted molar refractivity (Wildman–Crippen MR) is 56.3 cm³/mol. The Balaban J connectivity index is 2.31. The average molecular weight is 196 g/mol. The molecule has 1 aromatic carbocycles. The van der Waals surface area contributed by atoms with Crippen LogP contribution in [0.2, 0.25) is 0 Å². The van der Waals surface area contributed by atoms with Crippen LogP contribution in [0.5, 0.6) is 0 Å². The zero-order chi connectivity index (χ0) is 10.4. The smallest absolute Gasteiger partial charge is 0.123 e. The summed E-state index contributed by atoms with van der Waals surface area (Å²) in [6.07, 6.45) is 0. The minimum absolute atomic E-state index is 0.184. The van der Waals surface area contributed by atoms with Crippen LogP contribution in [0.1, 0.15) is 12.5 Å². The Morgan fingerprint density at radius 3 is 2.93 bits per heavy atom. The van der Waals surface area contributed by atoms with E-state index in [1.807, 2.05) is 6.07 Å². The Morgan fingerprint density at radius 1 is 1.50 bits per heavy atom. The van der Waals surface area contributed by atoms with E-state index in [-0.39, 0.29) is 5.82 Å². The standard InChI is InChI=1S/C11H17FN2/c1-9(6-13)7-14-8-10-3-2-4-11(12)5-10/h2-5,9,14H,6-8,13H2,1H3. The Kier molecular flexibility index (Phi) is 4.56. The average Bonchev–Trinajstić information content (AvgIpc) is 2.17. The Morgan fingerprint density at radius 2 is 2.29 bits per heavy atom. The van der Waals surface area contributed by atoms with Gasteiger partial charge in [-0.25, -0.2) is 4.39 Å². The van der Waals surface area contributed by atoms with E-state index < -0.39 is 0 Å². The van der Waals surface area contributed by atoms with Gasteiger partial charge in [-0.15, -0.1) is 0 Å². The SMILES string of the molecule is CC(CN)CNCc1cccc(F)c1. The van der Waals surface area contributed by atoms with Gasteiger partial charge in [-0.2, -0.15) is 0 Å². The molecule has 2 nitrogen and oxygen atoms in total. The monoisotopic (exact) mass is 196 g/mol. The van der Waals surface area contributed by atoms with E-state index in [9.17, 15) is 4.39 Å². The number of hydrogen-bond donors (Lipinski definition) is 2. The summed E-state index contributed by atoms with van der Waals surface area (Å²) in [5.74, 6) is 0.278. The van der Waals surface area contributed by atoms with Gasteiger partial charge in [0.15, 0.2) is 0 Å². The van der Waals surface area contributed by atoms with Gasteiger partial charge in [0.05, 0.1) is 0 Å². The second kappa shape index (κ2) is 5.73. The normalized spacial score (nSPS) is 12.8. The molecule has 14 heavy (non-hydrogen) atoms. The van der Waals surface area contributed by atoms with Crippen molar-refractivity contribution in [2.75, 3.05) is 13.1 Å². The van der Waals surface area contributed by atoms with Gasteiger partial charge < -0.3 is 11.1 Å². The first kappa shape index (κ1) is 11.1. The zero-order valence-electron chi connectivity index (χ0n) is 8.46. The number of benzene rings is 1. The summed E-state index contributed by atoms with van der Waals surface area (Å²) in [5, 5.41) is 3.23. The fourth-order valence-electron chi connectivity index (χ4n) is 1.19. The molecule has 0 radical (unpaired) electrons. The maximum Gasteiger partial charge on any atom is 0.123 e. The summed E-state index contributed by atoms with van der Waals surface area (Å²) in [4.78, 5) is 0. The van der Waals surface area contributed by atoms with Gasteiger partial charge in [0.2, 0.25) is 0 Å². The lowest BCUT2D eigenvalue weighted by molar-refractivity contribution is 0.521. The van der Waals surface area contributed by atoms with Crippen molar-refractivity contribution in [2.24, 2.45) is 11.7 Å². The highest BCUT2D eigenvalue weighted by Gasteiger charge is 1.98. The summed E-state index contributed by atoms with van der Waals surface area (Å²) in [5.41, 5.74) is 6.44. The molecule has 1 aromatic rings. The molecule has 78 valence electrons. The molecule has 1 atom stereocenters. The molecule has 1 rings (SSSR count). The van der Waals surface area contributed by atoms with Crippen molar-refractivity contribution in [1.29, 1.82) is 0 Å². The molecule has 0 heterocycles. The molecule has 0 saturated carbocycles. The lowest BCUT2D eigenvalue weighted by Gasteiger charge is -2.09. The maximum atomic E-state index is 12.8. The second-order valence-electron chi connectivity index (χ2n) is 3.60. The molecule has 0 amide bonds. The molecule has 0 bridgehead atoms. The predicted octanol–water partition coefficient (Wildman–Crippen LogP) is 1.51. The van der Waals surface area contributed by atoms with Gasteiger partial charge >= 0.3 is 0 Å². The first-order valence-corrected chi connectivity index (χ1v) is 4.87. The van der Waals surface area contributed by atoms with Crippen molar-refractivity contribution in [2.45, 2.75) is 13.5 Å². The zero-order valence-corrected chi connectivity index (χ0v) is 8.46. The highest BCUT2D eigenvalue weighted by molar-refractivity contribution is 5.15. The van der Waals surface area contributed by atoms with E-state index in [1.54, 1.807) is 12.1 Å². The number of rotatable bonds is 5. The number of nitrogens with two attached hydrogens (primary N) is 1. The molecule has 3 N–H and O–H groups in total. The van der Waals surface area contributed by atoms with Crippen LogP contribution in [0.3, 0.4) is 0 Å². The van der Waals surface area contributed by atoms with Gasteiger partial charge in [-0.3, -0.25) is 0 Å². The maximum absolute atomic E-state index is 12.8. The largest absolute Gasteiger partial charge is 0.330 e. The Bertz CT molecular complexity index is 276. The molecule has 0 fully saturated rings. The highest BCUT2D eigenvalue weighted by atomic mass is 19.1. The molecule has 0 aromatic heterocycles. The summed E-state index contributed by atoms with van der Waals surface area (Å²) in [7, 11) is 0. The van der Waals surface area contributed by atoms with Crippen LogP contribution >= 0.6 is 0 Å². The van der Waals surface area contributed by atoms with Crippen LogP contribution in [-0.2, 0) is 6.54 Å². The molecular weight excluding hydrogens is 179 g/mol. The van der Waals surface area contributed by atoms with Crippen LogP contribution in [0.25, 0.3) is 0 Å². The number of halogens is 1. The lowest BCUT2D eigenvalue weighted by atomic mass is 10.1. The van der Waals surface area contributed by atoms with E-state index >= 15 is 0 Å². The highest BCUT2D eigenvalue weighted by Crippen LogP contribution is 2.02. The van der Waals surface area contributed by atoms with Crippen molar-refractivity contribution in [3.63, 3.8) is 0 Å². The van der Waals surface area contributed by atoms with Crippen LogP contribution in [-0.4, -0.2) is 13.1 Å². The summed E-state index contributed by atoms with van der Waals surface area (Å²) in [6, 6.07) is 6.62. The van der Waals surface area contributed by atoms with Crippen LogP contribution in [0.15, 0.2) is 24.3 Å². The molecule has 1 unspecified atom stereocenters. The third kappa shape index (κ3) is 3.85. The van der Waals surface area contributed by atoms with Crippen LogP contribution in [0.4, 0.5) is 4.39 Å². The van der Waals surface area contributed by atoms with Gasteiger partial charge in [0.1, 0.15) is 5.82 Å². The Labute approximate surface area is 84.3 Å². The third-order valence-corrected chi connectivity index (χ3v) is 2.11. The second-order valence-corrected chi connectivity index (χ2v) is 3.60. The first-order valence-electron chi connectivity index (χ1n) is 4.87. The fourth-order valence-corrected chi connectivity index (χ4v) is 1.19. The summed E-state index contributed by atoms with van der Waals surface area (Å²) < 4.78 is 12.8. The summed E-state index contributed by atoms with van der Waals surface area (Å²) >= 11 is 0.